The minimum atomic E-state index is -4.42. The van der Waals surface area contributed by atoms with E-state index < -0.39 is 11.7 Å². The highest BCUT2D eigenvalue weighted by molar-refractivity contribution is 9.09. The van der Waals surface area contributed by atoms with Crippen LogP contribution in [0.1, 0.15) is 11.1 Å². The molecule has 0 aliphatic rings. The van der Waals surface area contributed by atoms with Gasteiger partial charge in [-0.25, -0.2) is 0 Å². The molecule has 1 aromatic rings. The highest BCUT2D eigenvalue weighted by atomic mass is 79.9. The maximum absolute atomic E-state index is 12.5. The fourth-order valence-electron chi connectivity index (χ4n) is 1.07. The van der Waals surface area contributed by atoms with Crippen LogP contribution in [0.3, 0.4) is 0 Å². The van der Waals surface area contributed by atoms with Crippen molar-refractivity contribution in [1.29, 1.82) is 0 Å². The molecule has 0 unspecified atom stereocenters. The van der Waals surface area contributed by atoms with Crippen LogP contribution in [0.2, 0.25) is 0 Å². The third-order valence-electron chi connectivity index (χ3n) is 1.68. The van der Waals surface area contributed by atoms with Crippen molar-refractivity contribution in [2.24, 2.45) is 0 Å². The summed E-state index contributed by atoms with van der Waals surface area (Å²) in [7, 11) is 0. The van der Waals surface area contributed by atoms with Crippen molar-refractivity contribution in [3.8, 4) is 11.8 Å². The topological polar surface area (TPSA) is 26.0 Å². The van der Waals surface area contributed by atoms with Crippen molar-refractivity contribution in [3.05, 3.63) is 29.3 Å². The summed E-state index contributed by atoms with van der Waals surface area (Å²) in [5.74, 6) is 4.90. The first kappa shape index (κ1) is 11.9. The van der Waals surface area contributed by atoms with E-state index >= 15 is 0 Å². The van der Waals surface area contributed by atoms with Gasteiger partial charge in [0.15, 0.2) is 0 Å². The molecule has 0 saturated heterocycles. The molecule has 0 amide bonds. The third-order valence-corrected chi connectivity index (χ3v) is 1.96. The molecule has 1 nitrogen and oxygen atoms in total. The average Bonchev–Trinajstić information content (AvgIpc) is 2.14. The van der Waals surface area contributed by atoms with Gasteiger partial charge >= 0.3 is 6.18 Å². The molecule has 0 aliphatic heterocycles. The first-order chi connectivity index (χ1) is 6.96. The molecule has 80 valence electrons. The van der Waals surface area contributed by atoms with Crippen molar-refractivity contribution >= 4 is 21.6 Å². The highest BCUT2D eigenvalue weighted by Gasteiger charge is 2.33. The van der Waals surface area contributed by atoms with Gasteiger partial charge in [0.2, 0.25) is 0 Å². The van der Waals surface area contributed by atoms with Crippen LogP contribution in [0.5, 0.6) is 0 Å². The largest absolute Gasteiger partial charge is 0.417 e. The third kappa shape index (κ3) is 2.90. The number of rotatable bonds is 0. The second-order valence-electron chi connectivity index (χ2n) is 2.70. The molecule has 0 fully saturated rings. The molecule has 1 aromatic carbocycles. The Bertz CT molecular complexity index is 415. The summed E-state index contributed by atoms with van der Waals surface area (Å²) in [4.78, 5) is 0. The lowest BCUT2D eigenvalue weighted by atomic mass is 10.1. The number of benzene rings is 1. The Hall–Kier alpha value is -1.15. The van der Waals surface area contributed by atoms with Gasteiger partial charge in [-0.1, -0.05) is 33.8 Å². The number of nitrogen functional groups attached to an aromatic ring is 1. The molecule has 0 aliphatic carbocycles. The quantitative estimate of drug-likeness (QED) is 0.440. The molecular weight excluding hydrogens is 271 g/mol. The molecular formula is C10H7BrF3N. The lowest BCUT2D eigenvalue weighted by Gasteiger charge is -2.10. The molecule has 0 aromatic heterocycles. The van der Waals surface area contributed by atoms with E-state index in [1.165, 1.54) is 12.1 Å². The smallest absolute Gasteiger partial charge is 0.398 e. The second-order valence-corrected chi connectivity index (χ2v) is 3.26. The summed E-state index contributed by atoms with van der Waals surface area (Å²) in [6.45, 7) is 0. The normalized spacial score (nSPS) is 10.7. The van der Waals surface area contributed by atoms with E-state index in [-0.39, 0.29) is 11.3 Å². The summed E-state index contributed by atoms with van der Waals surface area (Å²) in [5, 5.41) is 0.304. The van der Waals surface area contributed by atoms with E-state index in [4.69, 9.17) is 5.73 Å². The molecule has 0 saturated carbocycles. The predicted molar refractivity (Wildman–Crippen MR) is 56.5 cm³/mol. The van der Waals surface area contributed by atoms with Gasteiger partial charge in [-0.3, -0.25) is 0 Å². The van der Waals surface area contributed by atoms with E-state index in [0.717, 1.165) is 6.07 Å². The summed E-state index contributed by atoms with van der Waals surface area (Å²) in [6.07, 6.45) is -4.42. The minimum absolute atomic E-state index is 0.0401. The zero-order chi connectivity index (χ0) is 11.5. The summed E-state index contributed by atoms with van der Waals surface area (Å²) in [5.41, 5.74) is 4.52. The van der Waals surface area contributed by atoms with Crippen molar-refractivity contribution < 1.29 is 13.2 Å². The van der Waals surface area contributed by atoms with Gasteiger partial charge in [-0.2, -0.15) is 13.2 Å². The first-order valence-corrected chi connectivity index (χ1v) is 5.09. The Balaban J connectivity index is 3.33. The number of hydrogen-bond donors (Lipinski definition) is 1. The zero-order valence-electron chi connectivity index (χ0n) is 7.53. The monoisotopic (exact) mass is 277 g/mol. The number of halogens is 4. The van der Waals surface area contributed by atoms with Gasteiger partial charge in [0.1, 0.15) is 0 Å². The van der Waals surface area contributed by atoms with E-state index in [2.05, 4.69) is 27.8 Å². The van der Waals surface area contributed by atoms with Crippen LogP contribution in [-0.4, -0.2) is 5.33 Å². The van der Waals surface area contributed by atoms with Crippen molar-refractivity contribution in [3.63, 3.8) is 0 Å². The van der Waals surface area contributed by atoms with Crippen molar-refractivity contribution in [2.45, 2.75) is 6.18 Å². The molecule has 1 rings (SSSR count). The maximum Gasteiger partial charge on any atom is 0.417 e. The van der Waals surface area contributed by atoms with Crippen LogP contribution in [-0.2, 0) is 6.18 Å². The Labute approximate surface area is 93.6 Å². The zero-order valence-corrected chi connectivity index (χ0v) is 9.11. The van der Waals surface area contributed by atoms with Crippen LogP contribution in [0.25, 0.3) is 0 Å². The lowest BCUT2D eigenvalue weighted by Crippen LogP contribution is -2.09. The Morgan fingerprint density at radius 3 is 2.53 bits per heavy atom. The van der Waals surface area contributed by atoms with Gasteiger partial charge in [0.25, 0.3) is 0 Å². The van der Waals surface area contributed by atoms with Gasteiger partial charge in [-0.15, -0.1) is 0 Å². The summed E-state index contributed by atoms with van der Waals surface area (Å²) < 4.78 is 37.6. The number of anilines is 1. The summed E-state index contributed by atoms with van der Waals surface area (Å²) in [6, 6.07) is 3.62. The fourth-order valence-corrected chi connectivity index (χ4v) is 1.21. The molecule has 0 atom stereocenters. The molecule has 15 heavy (non-hydrogen) atoms. The minimum Gasteiger partial charge on any atom is -0.398 e. The van der Waals surface area contributed by atoms with E-state index in [9.17, 15) is 13.2 Å². The van der Waals surface area contributed by atoms with Gasteiger partial charge in [0, 0.05) is 5.69 Å². The lowest BCUT2D eigenvalue weighted by molar-refractivity contribution is -0.137. The van der Waals surface area contributed by atoms with E-state index in [1.807, 2.05) is 0 Å². The Morgan fingerprint density at radius 1 is 1.33 bits per heavy atom. The molecule has 0 bridgehead atoms. The molecule has 5 heteroatoms. The Kier molecular flexibility index (Phi) is 3.64. The standard InChI is InChI=1S/C10H7BrF3N/c11-6-2-3-7-8(10(12,13)14)4-1-5-9(7)15/h1,4-5H,6,15H2. The van der Waals surface area contributed by atoms with Crippen LogP contribution in [0.4, 0.5) is 18.9 Å². The van der Waals surface area contributed by atoms with Crippen LogP contribution in [0, 0.1) is 11.8 Å². The maximum atomic E-state index is 12.5. The molecule has 0 heterocycles. The van der Waals surface area contributed by atoms with Crippen molar-refractivity contribution in [2.75, 3.05) is 11.1 Å². The SMILES string of the molecule is Nc1cccc(C(F)(F)F)c1C#CCBr. The number of hydrogen-bond acceptors (Lipinski definition) is 1. The van der Waals surface area contributed by atoms with Crippen LogP contribution < -0.4 is 5.73 Å². The average molecular weight is 278 g/mol. The Morgan fingerprint density at radius 2 is 2.00 bits per heavy atom. The van der Waals surface area contributed by atoms with Gasteiger partial charge < -0.3 is 5.73 Å². The fraction of sp³-hybridized carbons (Fsp3) is 0.200. The van der Waals surface area contributed by atoms with Crippen LogP contribution >= 0.6 is 15.9 Å². The van der Waals surface area contributed by atoms with Gasteiger partial charge in [-0.05, 0) is 12.1 Å². The van der Waals surface area contributed by atoms with Crippen LogP contribution in [0.15, 0.2) is 18.2 Å². The molecule has 0 spiro atoms. The van der Waals surface area contributed by atoms with Crippen molar-refractivity contribution in [1.82, 2.24) is 0 Å². The molecule has 2 N–H and O–H groups in total. The number of nitrogens with two attached hydrogens (primary N) is 1. The van der Waals surface area contributed by atoms with Gasteiger partial charge in [0.05, 0.1) is 16.5 Å². The predicted octanol–water partition coefficient (Wildman–Crippen LogP) is 3.03. The van der Waals surface area contributed by atoms with E-state index in [0.29, 0.717) is 5.33 Å². The first-order valence-electron chi connectivity index (χ1n) is 3.97. The second kappa shape index (κ2) is 4.58. The number of alkyl halides is 4. The van der Waals surface area contributed by atoms with E-state index in [1.54, 1.807) is 0 Å². The molecule has 0 radical (unpaired) electrons. The highest BCUT2D eigenvalue weighted by Crippen LogP contribution is 2.33. The summed E-state index contributed by atoms with van der Waals surface area (Å²) >= 11 is 3.01.